The largest absolute Gasteiger partial charge is 0.350 e. The van der Waals surface area contributed by atoms with E-state index in [1.807, 2.05) is 86.6 Å². The number of imide groups is 1. The van der Waals surface area contributed by atoms with E-state index in [2.05, 4.69) is 12.2 Å². The fourth-order valence-electron chi connectivity index (χ4n) is 3.91. The van der Waals surface area contributed by atoms with Gasteiger partial charge in [0.1, 0.15) is 5.70 Å². The van der Waals surface area contributed by atoms with Gasteiger partial charge in [0.05, 0.1) is 12.1 Å². The lowest BCUT2D eigenvalue weighted by Crippen LogP contribution is -2.32. The van der Waals surface area contributed by atoms with Crippen LogP contribution in [0.4, 0.5) is 5.69 Å². The van der Waals surface area contributed by atoms with E-state index in [0.29, 0.717) is 11.3 Å². The molecule has 1 N–H and O–H groups in total. The predicted molar refractivity (Wildman–Crippen MR) is 124 cm³/mol. The number of nitrogens with one attached hydrogen (secondary N) is 1. The summed E-state index contributed by atoms with van der Waals surface area (Å²) in [7, 11) is 0. The number of aryl methyl sites for hydroxylation is 3. The summed E-state index contributed by atoms with van der Waals surface area (Å²) in [5, 5.41) is 3.25. The van der Waals surface area contributed by atoms with Crippen molar-refractivity contribution in [2.45, 2.75) is 33.7 Å². The first-order valence-electron chi connectivity index (χ1n) is 10.6. The van der Waals surface area contributed by atoms with Crippen molar-refractivity contribution in [2.24, 2.45) is 0 Å². The molecule has 31 heavy (non-hydrogen) atoms. The minimum absolute atomic E-state index is 0.243. The standard InChI is InChI=1S/C27H26N2O2/c1-4-20-11-13-22(14-12-20)28-25-24(23-15-10-18(2)16-19(23)3)26(30)29(27(25)31)17-21-8-6-5-7-9-21/h5-16,28H,4,17H2,1-3H3. The number of carbonyl (C=O) groups excluding carboxylic acids is 2. The second-order valence-corrected chi connectivity index (χ2v) is 7.93. The lowest BCUT2D eigenvalue weighted by molar-refractivity contribution is -0.137. The van der Waals surface area contributed by atoms with E-state index in [1.54, 1.807) is 0 Å². The lowest BCUT2D eigenvalue weighted by Gasteiger charge is -2.15. The molecular weight excluding hydrogens is 384 g/mol. The van der Waals surface area contributed by atoms with Crippen molar-refractivity contribution in [3.05, 3.63) is 106 Å². The summed E-state index contributed by atoms with van der Waals surface area (Å²) in [6, 6.07) is 23.5. The minimum atomic E-state index is -0.302. The summed E-state index contributed by atoms with van der Waals surface area (Å²) < 4.78 is 0. The van der Waals surface area contributed by atoms with Crippen LogP contribution in [0, 0.1) is 13.8 Å². The molecule has 3 aromatic rings. The average Bonchev–Trinajstić information content (AvgIpc) is 2.99. The molecule has 0 atom stereocenters. The molecule has 0 fully saturated rings. The smallest absolute Gasteiger partial charge is 0.278 e. The molecule has 3 aromatic carbocycles. The molecule has 0 aromatic heterocycles. The van der Waals surface area contributed by atoms with Crippen molar-refractivity contribution in [1.29, 1.82) is 0 Å². The van der Waals surface area contributed by atoms with Crippen LogP contribution in [0.1, 0.15) is 34.7 Å². The molecule has 2 amide bonds. The highest BCUT2D eigenvalue weighted by Gasteiger charge is 2.39. The summed E-state index contributed by atoms with van der Waals surface area (Å²) in [6.45, 7) is 6.33. The van der Waals surface area contributed by atoms with Crippen molar-refractivity contribution < 1.29 is 9.59 Å². The SMILES string of the molecule is CCc1ccc(NC2=C(c3ccc(C)cc3C)C(=O)N(Cc3ccccc3)C2=O)cc1. The molecule has 0 saturated carbocycles. The fourth-order valence-corrected chi connectivity index (χ4v) is 3.91. The lowest BCUT2D eigenvalue weighted by atomic mass is 9.97. The summed E-state index contributed by atoms with van der Waals surface area (Å²) in [6.07, 6.45) is 0.944. The Labute approximate surface area is 183 Å². The normalized spacial score (nSPS) is 13.8. The Balaban J connectivity index is 1.76. The number of hydrogen-bond donors (Lipinski definition) is 1. The van der Waals surface area contributed by atoms with Crippen molar-refractivity contribution >= 4 is 23.1 Å². The van der Waals surface area contributed by atoms with E-state index in [1.165, 1.54) is 10.5 Å². The Hall–Kier alpha value is -3.66. The van der Waals surface area contributed by atoms with Crippen LogP contribution in [0.15, 0.2) is 78.5 Å². The Morgan fingerprint density at radius 1 is 0.806 bits per heavy atom. The van der Waals surface area contributed by atoms with Gasteiger partial charge in [-0.15, -0.1) is 0 Å². The third kappa shape index (κ3) is 4.15. The van der Waals surface area contributed by atoms with Gasteiger partial charge in [-0.2, -0.15) is 0 Å². The van der Waals surface area contributed by atoms with Gasteiger partial charge in [-0.1, -0.05) is 73.2 Å². The quantitative estimate of drug-likeness (QED) is 0.564. The van der Waals surface area contributed by atoms with Crippen LogP contribution in [-0.2, 0) is 22.6 Å². The minimum Gasteiger partial charge on any atom is -0.350 e. The van der Waals surface area contributed by atoms with Gasteiger partial charge < -0.3 is 5.32 Å². The van der Waals surface area contributed by atoms with Crippen molar-refractivity contribution in [1.82, 2.24) is 4.90 Å². The van der Waals surface area contributed by atoms with E-state index >= 15 is 0 Å². The van der Waals surface area contributed by atoms with Gasteiger partial charge in [-0.3, -0.25) is 14.5 Å². The zero-order valence-corrected chi connectivity index (χ0v) is 18.1. The van der Waals surface area contributed by atoms with E-state index in [0.717, 1.165) is 34.4 Å². The molecule has 1 aliphatic heterocycles. The summed E-state index contributed by atoms with van der Waals surface area (Å²) >= 11 is 0. The van der Waals surface area contributed by atoms with Gasteiger partial charge >= 0.3 is 0 Å². The molecule has 0 unspecified atom stereocenters. The van der Waals surface area contributed by atoms with Crippen LogP contribution in [0.5, 0.6) is 0 Å². The molecule has 4 nitrogen and oxygen atoms in total. The van der Waals surface area contributed by atoms with Crippen LogP contribution in [0.2, 0.25) is 0 Å². The van der Waals surface area contributed by atoms with Gasteiger partial charge in [0.2, 0.25) is 0 Å². The zero-order valence-electron chi connectivity index (χ0n) is 18.1. The summed E-state index contributed by atoms with van der Waals surface area (Å²) in [5.41, 5.74) is 6.55. The average molecular weight is 411 g/mol. The maximum Gasteiger partial charge on any atom is 0.278 e. The monoisotopic (exact) mass is 410 g/mol. The van der Waals surface area contributed by atoms with E-state index < -0.39 is 0 Å². The molecule has 156 valence electrons. The molecular formula is C27H26N2O2. The first-order valence-corrected chi connectivity index (χ1v) is 10.6. The number of benzene rings is 3. The van der Waals surface area contributed by atoms with Crippen LogP contribution in [0.3, 0.4) is 0 Å². The zero-order chi connectivity index (χ0) is 22.0. The molecule has 0 bridgehead atoms. The first-order chi connectivity index (χ1) is 15.0. The van der Waals surface area contributed by atoms with E-state index in [-0.39, 0.29) is 18.4 Å². The van der Waals surface area contributed by atoms with Crippen LogP contribution < -0.4 is 5.32 Å². The van der Waals surface area contributed by atoms with Crippen LogP contribution >= 0.6 is 0 Å². The molecule has 4 rings (SSSR count). The molecule has 0 saturated heterocycles. The molecule has 1 aliphatic rings. The third-order valence-electron chi connectivity index (χ3n) is 5.63. The second-order valence-electron chi connectivity index (χ2n) is 7.93. The number of carbonyl (C=O) groups is 2. The number of hydrogen-bond acceptors (Lipinski definition) is 3. The maximum absolute atomic E-state index is 13.5. The van der Waals surface area contributed by atoms with Gasteiger partial charge in [0.15, 0.2) is 0 Å². The van der Waals surface area contributed by atoms with E-state index in [4.69, 9.17) is 0 Å². The highest BCUT2D eigenvalue weighted by Crippen LogP contribution is 2.33. The molecule has 0 spiro atoms. The Kier molecular flexibility index (Phi) is 5.72. The molecule has 0 aliphatic carbocycles. The van der Waals surface area contributed by atoms with Crippen LogP contribution in [-0.4, -0.2) is 16.7 Å². The summed E-state index contributed by atoms with van der Waals surface area (Å²) in [4.78, 5) is 28.2. The maximum atomic E-state index is 13.5. The summed E-state index contributed by atoms with van der Waals surface area (Å²) in [5.74, 6) is -0.572. The number of rotatable bonds is 6. The second kappa shape index (κ2) is 8.60. The molecule has 4 heteroatoms. The van der Waals surface area contributed by atoms with E-state index in [9.17, 15) is 9.59 Å². The molecule has 0 radical (unpaired) electrons. The third-order valence-corrected chi connectivity index (χ3v) is 5.63. The highest BCUT2D eigenvalue weighted by molar-refractivity contribution is 6.36. The first kappa shape index (κ1) is 20.6. The van der Waals surface area contributed by atoms with Gasteiger partial charge in [-0.25, -0.2) is 0 Å². The van der Waals surface area contributed by atoms with Crippen molar-refractivity contribution in [3.8, 4) is 0 Å². The Morgan fingerprint density at radius 3 is 2.16 bits per heavy atom. The predicted octanol–water partition coefficient (Wildman–Crippen LogP) is 5.26. The highest BCUT2D eigenvalue weighted by atomic mass is 16.2. The fraction of sp³-hybridized carbons (Fsp3) is 0.185. The Morgan fingerprint density at radius 2 is 1.52 bits per heavy atom. The Bertz CT molecular complexity index is 1160. The number of anilines is 1. The number of nitrogens with zero attached hydrogens (tertiary/aromatic N) is 1. The number of amides is 2. The van der Waals surface area contributed by atoms with Crippen molar-refractivity contribution in [2.75, 3.05) is 5.32 Å². The topological polar surface area (TPSA) is 49.4 Å². The van der Waals surface area contributed by atoms with Crippen molar-refractivity contribution in [3.63, 3.8) is 0 Å². The van der Waals surface area contributed by atoms with Gasteiger partial charge in [0, 0.05) is 5.69 Å². The van der Waals surface area contributed by atoms with Crippen LogP contribution in [0.25, 0.3) is 5.57 Å². The van der Waals surface area contributed by atoms with Gasteiger partial charge in [0.25, 0.3) is 11.8 Å². The van der Waals surface area contributed by atoms with Gasteiger partial charge in [-0.05, 0) is 54.7 Å². The molecule has 1 heterocycles.